The number of carbonyl (C=O) groups excluding carboxylic acids is 1. The molecular formula is C15H24ClN5O3. The van der Waals surface area contributed by atoms with Crippen LogP contribution in [-0.4, -0.2) is 57.4 Å². The van der Waals surface area contributed by atoms with Crippen LogP contribution in [0.1, 0.15) is 27.2 Å². The number of halogens is 1. The van der Waals surface area contributed by atoms with Crippen molar-refractivity contribution in [2.45, 2.75) is 38.9 Å². The van der Waals surface area contributed by atoms with Gasteiger partial charge in [-0.1, -0.05) is 11.6 Å². The smallest absolute Gasteiger partial charge is 0.410 e. The second-order valence-electron chi connectivity index (χ2n) is 6.84. The van der Waals surface area contributed by atoms with E-state index >= 15 is 0 Å². The van der Waals surface area contributed by atoms with Crippen molar-refractivity contribution in [3.8, 4) is 0 Å². The summed E-state index contributed by atoms with van der Waals surface area (Å²) < 4.78 is 5.33. The molecular weight excluding hydrogens is 334 g/mol. The van der Waals surface area contributed by atoms with Gasteiger partial charge in [0.2, 0.25) is 0 Å². The Labute approximate surface area is 146 Å². The van der Waals surface area contributed by atoms with Gasteiger partial charge in [-0.15, -0.1) is 0 Å². The third-order valence-corrected chi connectivity index (χ3v) is 4.09. The Hall–Kier alpha value is -1.80. The van der Waals surface area contributed by atoms with Crippen molar-refractivity contribution in [1.29, 1.82) is 0 Å². The first-order valence-corrected chi connectivity index (χ1v) is 8.21. The number of anilines is 2. The lowest BCUT2D eigenvalue weighted by molar-refractivity contribution is -0.0104. The number of nitrogens with two attached hydrogens (primary N) is 1. The number of hydrogen-bond donors (Lipinski definition) is 3. The summed E-state index contributed by atoms with van der Waals surface area (Å²) >= 11 is 6.03. The summed E-state index contributed by atoms with van der Waals surface area (Å²) in [6, 6.07) is 0. The third kappa shape index (κ3) is 4.85. The average molecular weight is 358 g/mol. The molecule has 2 heterocycles. The molecule has 2 rings (SSSR count). The Morgan fingerprint density at radius 3 is 2.88 bits per heavy atom. The van der Waals surface area contributed by atoms with Gasteiger partial charge in [0.25, 0.3) is 0 Å². The fourth-order valence-corrected chi connectivity index (χ4v) is 2.61. The Balaban J connectivity index is 1.87. The van der Waals surface area contributed by atoms with Crippen molar-refractivity contribution < 1.29 is 14.6 Å². The number of nitrogens with zero attached hydrogens (tertiary/aromatic N) is 3. The zero-order valence-electron chi connectivity index (χ0n) is 14.1. The van der Waals surface area contributed by atoms with Crippen molar-refractivity contribution in [2.24, 2.45) is 5.92 Å². The van der Waals surface area contributed by atoms with E-state index in [1.54, 1.807) is 0 Å². The molecule has 0 spiro atoms. The molecule has 8 nitrogen and oxygen atoms in total. The van der Waals surface area contributed by atoms with Gasteiger partial charge in [0.05, 0.1) is 12.6 Å². The summed E-state index contributed by atoms with van der Waals surface area (Å²) in [5.74, 6) is 0.608. The van der Waals surface area contributed by atoms with Crippen LogP contribution in [0.15, 0.2) is 6.33 Å². The van der Waals surface area contributed by atoms with Crippen LogP contribution in [-0.2, 0) is 4.74 Å². The molecule has 4 N–H and O–H groups in total. The number of aromatic nitrogens is 2. The zero-order valence-corrected chi connectivity index (χ0v) is 14.9. The third-order valence-electron chi connectivity index (χ3n) is 3.72. The minimum Gasteiger partial charge on any atom is -0.444 e. The summed E-state index contributed by atoms with van der Waals surface area (Å²) in [5.41, 5.74) is 5.08. The van der Waals surface area contributed by atoms with Gasteiger partial charge in [-0.25, -0.2) is 14.8 Å². The highest BCUT2D eigenvalue weighted by molar-refractivity contribution is 6.35. The van der Waals surface area contributed by atoms with Crippen molar-refractivity contribution in [3.63, 3.8) is 0 Å². The Morgan fingerprint density at radius 2 is 2.25 bits per heavy atom. The quantitative estimate of drug-likeness (QED) is 0.754. The van der Waals surface area contributed by atoms with Crippen molar-refractivity contribution >= 4 is 29.3 Å². The van der Waals surface area contributed by atoms with E-state index in [1.165, 1.54) is 11.2 Å². The summed E-state index contributed by atoms with van der Waals surface area (Å²) in [7, 11) is 0. The van der Waals surface area contributed by atoms with Crippen LogP contribution in [0.5, 0.6) is 0 Å². The number of carbonyl (C=O) groups is 1. The lowest BCUT2D eigenvalue weighted by Gasteiger charge is -2.36. The highest BCUT2D eigenvalue weighted by atomic mass is 35.5. The summed E-state index contributed by atoms with van der Waals surface area (Å²) in [5, 5.41) is 13.6. The highest BCUT2D eigenvalue weighted by Crippen LogP contribution is 2.25. The number of aliphatic hydroxyl groups excluding tert-OH is 1. The van der Waals surface area contributed by atoms with Crippen LogP contribution < -0.4 is 11.1 Å². The second-order valence-corrected chi connectivity index (χ2v) is 7.22. The number of aliphatic hydroxyl groups is 1. The molecule has 134 valence electrons. The molecule has 0 saturated carbocycles. The average Bonchev–Trinajstić information content (AvgIpc) is 2.48. The van der Waals surface area contributed by atoms with Gasteiger partial charge in [-0.3, -0.25) is 0 Å². The van der Waals surface area contributed by atoms with E-state index in [0.29, 0.717) is 25.3 Å². The second kappa shape index (κ2) is 7.40. The first-order valence-electron chi connectivity index (χ1n) is 7.83. The maximum absolute atomic E-state index is 12.1. The first kappa shape index (κ1) is 18.5. The molecule has 1 amide bonds. The van der Waals surface area contributed by atoms with Crippen molar-refractivity contribution in [1.82, 2.24) is 14.9 Å². The molecule has 0 unspecified atom stereocenters. The summed E-state index contributed by atoms with van der Waals surface area (Å²) in [6.07, 6.45) is 0.910. The van der Waals surface area contributed by atoms with Crippen LogP contribution in [0.2, 0.25) is 5.02 Å². The number of piperidine rings is 1. The van der Waals surface area contributed by atoms with Gasteiger partial charge in [0.1, 0.15) is 28.6 Å². The number of ether oxygens (including phenoxy) is 1. The van der Waals surface area contributed by atoms with Crippen LogP contribution in [0.4, 0.5) is 16.4 Å². The van der Waals surface area contributed by atoms with Crippen LogP contribution >= 0.6 is 11.6 Å². The lowest BCUT2D eigenvalue weighted by Crippen LogP contribution is -2.49. The molecule has 0 aliphatic carbocycles. The number of β-amino-alcohol motifs (C(OH)–C–C–N with tert-alkyl or cyclic N) is 1. The van der Waals surface area contributed by atoms with E-state index in [2.05, 4.69) is 15.3 Å². The predicted octanol–water partition coefficient (Wildman–Crippen LogP) is 1.74. The standard InChI is InChI=1S/C15H24ClN5O3/c1-15(2,3)24-14(23)21-5-4-9(10(22)7-21)6-18-13-11(16)12(17)19-8-20-13/h8-10,22H,4-7H2,1-3H3,(H3,17,18,19,20)/t9-,10+/m1/s1. The number of nitrogens with one attached hydrogen (secondary N) is 1. The van der Waals surface area contributed by atoms with Crippen LogP contribution in [0.3, 0.4) is 0 Å². The topological polar surface area (TPSA) is 114 Å². The predicted molar refractivity (Wildman–Crippen MR) is 91.9 cm³/mol. The minimum absolute atomic E-state index is 0.0315. The fraction of sp³-hybridized carbons (Fsp3) is 0.667. The molecule has 1 aliphatic heterocycles. The van der Waals surface area contributed by atoms with Gasteiger partial charge < -0.3 is 25.8 Å². The molecule has 2 atom stereocenters. The Kier molecular flexibility index (Phi) is 5.71. The largest absolute Gasteiger partial charge is 0.444 e. The van der Waals surface area contributed by atoms with Gasteiger partial charge in [0, 0.05) is 19.0 Å². The minimum atomic E-state index is -0.656. The maximum atomic E-state index is 12.1. The number of likely N-dealkylation sites (tertiary alicyclic amines) is 1. The van der Waals surface area contributed by atoms with E-state index in [4.69, 9.17) is 22.1 Å². The Bertz CT molecular complexity index is 593. The monoisotopic (exact) mass is 357 g/mol. The molecule has 9 heteroatoms. The molecule has 0 bridgehead atoms. The van der Waals surface area contributed by atoms with E-state index in [9.17, 15) is 9.90 Å². The lowest BCUT2D eigenvalue weighted by atomic mass is 9.94. The highest BCUT2D eigenvalue weighted by Gasteiger charge is 2.32. The normalized spacial score (nSPS) is 21.5. The van der Waals surface area contributed by atoms with Gasteiger partial charge in [0.15, 0.2) is 0 Å². The summed E-state index contributed by atoms with van der Waals surface area (Å²) in [4.78, 5) is 21.4. The number of nitrogen functional groups attached to an aromatic ring is 1. The van der Waals surface area contributed by atoms with E-state index in [-0.39, 0.29) is 23.3 Å². The van der Waals surface area contributed by atoms with Gasteiger partial charge in [-0.2, -0.15) is 0 Å². The first-order chi connectivity index (χ1) is 11.2. The molecule has 1 saturated heterocycles. The number of rotatable bonds is 3. The number of hydrogen-bond acceptors (Lipinski definition) is 7. The molecule has 1 fully saturated rings. The van der Waals surface area contributed by atoms with Crippen molar-refractivity contribution in [2.75, 3.05) is 30.7 Å². The van der Waals surface area contributed by atoms with Crippen molar-refractivity contribution in [3.05, 3.63) is 11.3 Å². The molecule has 1 aliphatic rings. The van der Waals surface area contributed by atoms with Crippen LogP contribution in [0.25, 0.3) is 0 Å². The van der Waals surface area contributed by atoms with Gasteiger partial charge >= 0.3 is 6.09 Å². The molecule has 1 aromatic rings. The Morgan fingerprint density at radius 1 is 1.54 bits per heavy atom. The van der Waals surface area contributed by atoms with E-state index in [0.717, 1.165) is 0 Å². The van der Waals surface area contributed by atoms with Gasteiger partial charge in [-0.05, 0) is 27.2 Å². The zero-order chi connectivity index (χ0) is 17.9. The summed E-state index contributed by atoms with van der Waals surface area (Å²) in [6.45, 7) is 6.68. The SMILES string of the molecule is CC(C)(C)OC(=O)N1CC[C@H](CNc2ncnc(N)c2Cl)[C@@H](O)C1. The maximum Gasteiger partial charge on any atom is 0.410 e. The molecule has 1 aromatic heterocycles. The fourth-order valence-electron chi connectivity index (χ4n) is 2.45. The molecule has 0 aromatic carbocycles. The number of amides is 1. The van der Waals surface area contributed by atoms with E-state index in [1.807, 2.05) is 20.8 Å². The molecule has 0 radical (unpaired) electrons. The van der Waals surface area contributed by atoms with Crippen LogP contribution in [0, 0.1) is 5.92 Å². The van der Waals surface area contributed by atoms with E-state index < -0.39 is 17.8 Å². The molecule has 24 heavy (non-hydrogen) atoms.